The Morgan fingerprint density at radius 1 is 0.791 bits per heavy atom. The van der Waals surface area contributed by atoms with E-state index in [1.807, 2.05) is 0 Å². The van der Waals surface area contributed by atoms with E-state index in [1.54, 1.807) is 0 Å². The summed E-state index contributed by atoms with van der Waals surface area (Å²) in [6, 6.07) is 0. The first-order valence-electron chi connectivity index (χ1n) is 20.6. The Morgan fingerprint density at radius 2 is 1.31 bits per heavy atom. The third kappa shape index (κ3) is 13.4. The van der Waals surface area contributed by atoms with E-state index in [1.165, 1.54) is 73.6 Å². The number of Topliss-reactive ketones (excluding diaryl/α,β-unsaturated/α-hetero) is 1. The third-order valence-electron chi connectivity index (χ3n) is 10.9. The number of carboxylic acids is 2. The van der Waals surface area contributed by atoms with E-state index >= 15 is 0 Å². The number of hydrogen-bond acceptors (Lipinski definition) is 18. The third-order valence-corrected chi connectivity index (χ3v) is 10.9. The maximum atomic E-state index is 14.0. The number of phenolic OH excluding ortho intramolecular Hbond substituents is 1. The number of rotatable bonds is 3. The molecule has 67 heavy (non-hydrogen) atoms. The number of aliphatic hydroxyl groups excluding tert-OH is 3. The fourth-order valence-corrected chi connectivity index (χ4v) is 7.66. The molecular formula is C46H61NO20. The van der Waals surface area contributed by atoms with Gasteiger partial charge >= 0.3 is 17.9 Å². The minimum absolute atomic E-state index is 0.00133. The quantitative estimate of drug-likeness (QED) is 0.119. The van der Waals surface area contributed by atoms with Gasteiger partial charge in [-0.3, -0.25) is 33.6 Å². The zero-order valence-electron chi connectivity index (χ0n) is 39.5. The Hall–Kier alpha value is -6.39. The molecule has 0 spiro atoms. The topological polar surface area (TPSA) is 340 Å². The van der Waals surface area contributed by atoms with Crippen LogP contribution in [0.15, 0.2) is 52.5 Å². The van der Waals surface area contributed by atoms with Crippen LogP contribution >= 0.6 is 0 Å². The molecule has 3 heterocycles. The number of aliphatic carboxylic acids is 2. The van der Waals surface area contributed by atoms with Gasteiger partial charge in [0.05, 0.1) is 42.2 Å². The lowest BCUT2D eigenvalue weighted by Gasteiger charge is -2.41. The van der Waals surface area contributed by atoms with Crippen molar-refractivity contribution in [1.82, 2.24) is 0 Å². The van der Waals surface area contributed by atoms with Crippen molar-refractivity contribution in [3.63, 3.8) is 0 Å². The van der Waals surface area contributed by atoms with Gasteiger partial charge in [0.1, 0.15) is 40.5 Å². The lowest BCUT2D eigenvalue weighted by atomic mass is 9.74. The highest BCUT2D eigenvalue weighted by atomic mass is 16.7. The smallest absolute Gasteiger partial charge is 0.315 e. The Kier molecular flexibility index (Phi) is 19.4. The average molecular weight is 948 g/mol. The molecular weight excluding hydrogens is 886 g/mol. The molecule has 0 aromatic heterocycles. The molecule has 0 saturated carbocycles. The second-order valence-corrected chi connectivity index (χ2v) is 16.6. The number of carbonyl (C=O) groups excluding carboxylic acids is 5. The molecule has 1 amide bonds. The zero-order valence-corrected chi connectivity index (χ0v) is 39.5. The Morgan fingerprint density at radius 3 is 1.82 bits per heavy atom. The number of methoxy groups -OCH3 is 1. The maximum absolute atomic E-state index is 14.0. The minimum atomic E-state index is -2.26. The van der Waals surface area contributed by atoms with E-state index in [0.29, 0.717) is 0 Å². The number of anilines is 1. The summed E-state index contributed by atoms with van der Waals surface area (Å²) in [6.45, 7) is 14.7. The van der Waals surface area contributed by atoms with Crippen LogP contribution in [-0.2, 0) is 47.7 Å². The molecule has 21 heteroatoms. The van der Waals surface area contributed by atoms with Crippen molar-refractivity contribution in [1.29, 1.82) is 0 Å². The van der Waals surface area contributed by atoms with Crippen LogP contribution < -0.4 is 10.1 Å². The summed E-state index contributed by atoms with van der Waals surface area (Å²) in [4.78, 5) is 84.1. The van der Waals surface area contributed by atoms with Crippen molar-refractivity contribution in [3.05, 3.63) is 69.2 Å². The maximum Gasteiger partial charge on any atom is 0.315 e. The number of ether oxygens (including phenoxy) is 5. The molecule has 21 nitrogen and oxygen atoms in total. The highest BCUT2D eigenvalue weighted by molar-refractivity contribution is 6.21. The van der Waals surface area contributed by atoms with Gasteiger partial charge < -0.3 is 69.9 Å². The monoisotopic (exact) mass is 947 g/mol. The summed E-state index contributed by atoms with van der Waals surface area (Å²) >= 11 is 0. The van der Waals surface area contributed by atoms with E-state index in [2.05, 4.69) is 5.32 Å². The van der Waals surface area contributed by atoms with E-state index in [9.17, 15) is 54.6 Å². The fraction of sp³-hybridized carbons (Fsp3) is 0.500. The number of nitrogens with one attached hydrogen (secondary N) is 1. The van der Waals surface area contributed by atoms with E-state index in [-0.39, 0.29) is 61.9 Å². The van der Waals surface area contributed by atoms with Gasteiger partial charge in [-0.1, -0.05) is 32.1 Å². The number of aromatic hydroxyl groups is 1. The Bertz CT molecular complexity index is 2280. The lowest BCUT2D eigenvalue weighted by molar-refractivity contribution is -0.183. The lowest BCUT2D eigenvalue weighted by Crippen LogP contribution is -2.55. The van der Waals surface area contributed by atoms with Crippen molar-refractivity contribution < 1.29 is 98.1 Å². The first-order chi connectivity index (χ1) is 30.8. The molecule has 1 aliphatic carbocycles. The van der Waals surface area contributed by atoms with Crippen molar-refractivity contribution >= 4 is 52.8 Å². The number of esters is 3. The highest BCUT2D eigenvalue weighted by Gasteiger charge is 2.50. The van der Waals surface area contributed by atoms with Crippen LogP contribution in [0.2, 0.25) is 0 Å². The molecule has 1 aromatic rings. The number of amides is 1. The van der Waals surface area contributed by atoms with Gasteiger partial charge in [0.25, 0.3) is 17.8 Å². The molecule has 1 aromatic carbocycles. The molecule has 3 aliphatic heterocycles. The molecule has 0 fully saturated rings. The van der Waals surface area contributed by atoms with Crippen LogP contribution in [0.25, 0.3) is 5.57 Å². The van der Waals surface area contributed by atoms with Gasteiger partial charge in [-0.2, -0.15) is 0 Å². The summed E-state index contributed by atoms with van der Waals surface area (Å²) in [5.41, 5.74) is -5.03. The minimum Gasteiger partial charge on any atom is -0.505 e. The van der Waals surface area contributed by atoms with Crippen molar-refractivity contribution in [2.24, 2.45) is 17.8 Å². The summed E-state index contributed by atoms with van der Waals surface area (Å²) in [7, 11) is 1.01. The van der Waals surface area contributed by atoms with Crippen LogP contribution in [0.4, 0.5) is 5.69 Å². The van der Waals surface area contributed by atoms with Gasteiger partial charge in [0, 0.05) is 61.8 Å². The van der Waals surface area contributed by atoms with E-state index < -0.39 is 107 Å². The molecule has 0 unspecified atom stereocenters. The molecule has 370 valence electrons. The number of allylic oxidation sites excluding steroid dienone is 5. The average Bonchev–Trinajstić information content (AvgIpc) is 3.21. The second kappa shape index (κ2) is 22.9. The number of phenols is 1. The van der Waals surface area contributed by atoms with E-state index in [4.69, 9.17) is 43.5 Å². The molecule has 9 atom stereocenters. The van der Waals surface area contributed by atoms with Crippen LogP contribution in [0.3, 0.4) is 0 Å². The van der Waals surface area contributed by atoms with Gasteiger partial charge in [0.15, 0.2) is 11.5 Å². The second-order valence-electron chi connectivity index (χ2n) is 16.6. The summed E-state index contributed by atoms with van der Waals surface area (Å²) < 4.78 is 27.9. The van der Waals surface area contributed by atoms with Crippen LogP contribution in [0.5, 0.6) is 11.5 Å². The SMILES string of the molecule is CC(=O)O.CC(=O)O.COC(=O)[C@@H]1[C@H](O)[C@H](C)[C@H](O)[C@@](C)(O)/C=C/C=C(/C)C(=O)Nc2c(C)c(OC(C)=O)c3c(c2O)C(=O)C(C)=C2OCOC(=C23)/C(C)=C\[C@@](C)(O)[C@H](O)[C@@H](C)[C@H]1OC(C)=O. The molecule has 5 rings (SSSR count). The van der Waals surface area contributed by atoms with Gasteiger partial charge in [-0.05, 0) is 53.2 Å². The fourth-order valence-electron chi connectivity index (χ4n) is 7.66. The van der Waals surface area contributed by atoms with E-state index in [0.717, 1.165) is 40.9 Å². The summed E-state index contributed by atoms with van der Waals surface area (Å²) in [5.74, 6) is -11.6. The Balaban J connectivity index is 0.00000178. The van der Waals surface area contributed by atoms with Crippen molar-refractivity contribution in [3.8, 4) is 11.5 Å². The van der Waals surface area contributed by atoms with Gasteiger partial charge in [0.2, 0.25) is 6.79 Å². The number of ketones is 1. The van der Waals surface area contributed by atoms with Crippen molar-refractivity contribution in [2.75, 3.05) is 19.2 Å². The number of carboxylic acid groups (broad SMARTS) is 2. The molecule has 0 radical (unpaired) electrons. The number of aliphatic hydroxyl groups is 5. The van der Waals surface area contributed by atoms with Crippen LogP contribution in [0, 0.1) is 24.7 Å². The molecule has 9 N–H and O–H groups in total. The predicted octanol–water partition coefficient (Wildman–Crippen LogP) is 2.97. The molecule has 4 bridgehead atoms. The highest BCUT2D eigenvalue weighted by Crippen LogP contribution is 2.53. The van der Waals surface area contributed by atoms with Gasteiger partial charge in [-0.25, -0.2) is 0 Å². The van der Waals surface area contributed by atoms with Crippen molar-refractivity contribution in [2.45, 2.75) is 119 Å². The number of benzene rings is 1. The summed E-state index contributed by atoms with van der Waals surface area (Å²) in [6.07, 6.45) is -2.49. The van der Waals surface area contributed by atoms with Crippen LogP contribution in [0.1, 0.15) is 97.6 Å². The Labute approximate surface area is 386 Å². The number of carbonyl (C=O) groups is 7. The largest absolute Gasteiger partial charge is 0.505 e. The zero-order chi connectivity index (χ0) is 51.8. The molecule has 4 aliphatic rings. The first-order valence-corrected chi connectivity index (χ1v) is 20.6. The number of hydrogen-bond donors (Lipinski definition) is 9. The predicted molar refractivity (Wildman–Crippen MR) is 236 cm³/mol. The van der Waals surface area contributed by atoms with Gasteiger partial charge in [-0.15, -0.1) is 0 Å². The standard InChI is InChI=1S/C42H53NO16.2C2H4O2/c1-17-13-12-14-41(9,53)37(49)21(5)31(47)28(40(52)55-11)36(59-24(8)45)22(6)38(50)42(10,54)15-18(2)33-27-25-26(30(46)20(4)34(27)57-16-56-33)32(48)29(43-39(17)51)19(3)35(25)58-23(7)44;2*1-2(3)4/h12-15,21-22,28,31,36-38,47-50,53-54H,16H2,1-11H3,(H,43,51);2*1H3,(H,3,4)/b14-12+,17-13-,18-15-;;/t21-,22-,28+,31+,36+,37-,38+,41-,42+;;/m0../s1. The summed E-state index contributed by atoms with van der Waals surface area (Å²) in [5, 5.41) is 87.4. The normalized spacial score (nSPS) is 29.8. The number of fused-ring (bicyclic) bond motifs is 14. The first kappa shape index (κ1) is 56.7. The molecule has 0 saturated heterocycles. The van der Waals surface area contributed by atoms with Crippen LogP contribution in [-0.4, -0.2) is 132 Å².